The molecular formula is C22H32N2O4S. The third kappa shape index (κ3) is 12.1. The molecule has 1 aromatic rings. The number of benzene rings is 1. The van der Waals surface area contributed by atoms with E-state index in [2.05, 4.69) is 12.2 Å². The van der Waals surface area contributed by atoms with Crippen LogP contribution in [-0.4, -0.2) is 16.8 Å². The van der Waals surface area contributed by atoms with Gasteiger partial charge in [-0.15, -0.1) is 4.33 Å². The van der Waals surface area contributed by atoms with Gasteiger partial charge < -0.3 is 15.3 Å². The average molecular weight is 421 g/mol. The second-order valence-electron chi connectivity index (χ2n) is 6.79. The number of hydrogen-bond acceptors (Lipinski definition) is 6. The molecule has 160 valence electrons. The van der Waals surface area contributed by atoms with E-state index in [0.717, 1.165) is 12.2 Å². The fraction of sp³-hybridized carbons (Fsp3) is 0.545. The molecule has 7 heteroatoms. The molecule has 0 aliphatic heterocycles. The number of nitrogens with zero attached hydrogens (tertiary/aromatic N) is 1. The summed E-state index contributed by atoms with van der Waals surface area (Å²) >= 11 is 1.29. The van der Waals surface area contributed by atoms with Crippen LogP contribution in [-0.2, 0) is 9.13 Å². The summed E-state index contributed by atoms with van der Waals surface area (Å²) in [6.07, 6.45) is 13.5. The van der Waals surface area contributed by atoms with Crippen molar-refractivity contribution in [3.8, 4) is 11.8 Å². The lowest BCUT2D eigenvalue weighted by molar-refractivity contribution is -0.112. The number of nitrogens with one attached hydrogen (secondary N) is 1. The number of aliphatic hydroxyl groups excluding tert-OH is 1. The van der Waals surface area contributed by atoms with Crippen LogP contribution in [0.15, 0.2) is 36.1 Å². The van der Waals surface area contributed by atoms with Crippen LogP contribution in [0.25, 0.3) is 0 Å². The van der Waals surface area contributed by atoms with E-state index < -0.39 is 5.91 Å². The molecule has 0 fully saturated rings. The molecule has 1 aromatic carbocycles. The number of amides is 1. The predicted octanol–water partition coefficient (Wildman–Crippen LogP) is 6.47. The molecule has 0 bridgehead atoms. The first kappa shape index (κ1) is 24.9. The minimum atomic E-state index is -0.674. The molecule has 0 heterocycles. The van der Waals surface area contributed by atoms with Gasteiger partial charge in [0.2, 0.25) is 0 Å². The molecule has 1 rings (SSSR count). The van der Waals surface area contributed by atoms with Gasteiger partial charge in [-0.05, 0) is 30.7 Å². The van der Waals surface area contributed by atoms with Gasteiger partial charge >= 0.3 is 0 Å². The molecule has 0 unspecified atom stereocenters. The SMILES string of the molecule is CCCCCCCCCCCCSOOc1ccc(NC(=O)/C(C#N)=C\O)cc1. The van der Waals surface area contributed by atoms with Gasteiger partial charge in [-0.25, -0.2) is 0 Å². The molecule has 1 amide bonds. The summed E-state index contributed by atoms with van der Waals surface area (Å²) in [6.45, 7) is 2.25. The third-order valence-corrected chi connectivity index (χ3v) is 4.99. The fourth-order valence-electron chi connectivity index (χ4n) is 2.68. The highest BCUT2D eigenvalue weighted by atomic mass is 32.2. The van der Waals surface area contributed by atoms with Crippen LogP contribution in [0, 0.1) is 11.3 Å². The Labute approximate surface area is 178 Å². The Balaban J connectivity index is 2.04. The molecule has 0 aliphatic rings. The maximum atomic E-state index is 11.6. The molecule has 2 N–H and O–H groups in total. The van der Waals surface area contributed by atoms with E-state index >= 15 is 0 Å². The molecule has 29 heavy (non-hydrogen) atoms. The number of nitriles is 1. The lowest BCUT2D eigenvalue weighted by atomic mass is 10.1. The Morgan fingerprint density at radius 3 is 2.21 bits per heavy atom. The van der Waals surface area contributed by atoms with Crippen LogP contribution >= 0.6 is 12.0 Å². The maximum Gasteiger partial charge on any atom is 0.269 e. The second-order valence-corrected chi connectivity index (χ2v) is 7.57. The van der Waals surface area contributed by atoms with Gasteiger partial charge in [0.15, 0.2) is 11.3 Å². The van der Waals surface area contributed by atoms with Crippen molar-refractivity contribution in [3.63, 3.8) is 0 Å². The van der Waals surface area contributed by atoms with Crippen LogP contribution in [0.4, 0.5) is 5.69 Å². The normalized spacial score (nSPS) is 11.1. The first-order valence-electron chi connectivity index (χ1n) is 10.3. The van der Waals surface area contributed by atoms with Crippen molar-refractivity contribution >= 4 is 23.6 Å². The number of carbonyl (C=O) groups excluding carboxylic acids is 1. The van der Waals surface area contributed by atoms with Gasteiger partial charge in [-0.3, -0.25) is 4.79 Å². The van der Waals surface area contributed by atoms with Crippen molar-refractivity contribution in [1.82, 2.24) is 0 Å². The highest BCUT2D eigenvalue weighted by molar-refractivity contribution is 7.94. The molecule has 0 aromatic heterocycles. The average Bonchev–Trinajstić information content (AvgIpc) is 2.73. The van der Waals surface area contributed by atoms with Gasteiger partial charge in [0.05, 0.1) is 0 Å². The summed E-state index contributed by atoms with van der Waals surface area (Å²) in [7, 11) is 0. The first-order valence-corrected chi connectivity index (χ1v) is 11.2. The largest absolute Gasteiger partial charge is 0.514 e. The topological polar surface area (TPSA) is 91.6 Å². The zero-order valence-corrected chi connectivity index (χ0v) is 18.0. The summed E-state index contributed by atoms with van der Waals surface area (Å²) in [5.74, 6) is 0.721. The summed E-state index contributed by atoms with van der Waals surface area (Å²) < 4.78 is 5.14. The summed E-state index contributed by atoms with van der Waals surface area (Å²) in [4.78, 5) is 16.8. The van der Waals surface area contributed by atoms with Crippen LogP contribution in [0.1, 0.15) is 71.1 Å². The van der Waals surface area contributed by atoms with Gasteiger partial charge in [0.25, 0.3) is 5.91 Å². The van der Waals surface area contributed by atoms with E-state index in [0.29, 0.717) is 17.7 Å². The zero-order chi connectivity index (χ0) is 21.2. The Morgan fingerprint density at radius 2 is 1.66 bits per heavy atom. The van der Waals surface area contributed by atoms with E-state index in [1.54, 1.807) is 30.3 Å². The van der Waals surface area contributed by atoms with E-state index in [4.69, 9.17) is 19.6 Å². The zero-order valence-electron chi connectivity index (χ0n) is 17.2. The minimum Gasteiger partial charge on any atom is -0.514 e. The smallest absolute Gasteiger partial charge is 0.269 e. The van der Waals surface area contributed by atoms with Gasteiger partial charge in [-0.2, -0.15) is 5.26 Å². The highest BCUT2D eigenvalue weighted by Crippen LogP contribution is 2.19. The van der Waals surface area contributed by atoms with Crippen molar-refractivity contribution in [2.24, 2.45) is 0 Å². The molecule has 0 saturated heterocycles. The van der Waals surface area contributed by atoms with Crippen LogP contribution in [0.2, 0.25) is 0 Å². The molecular weight excluding hydrogens is 388 g/mol. The lowest BCUT2D eigenvalue weighted by Crippen LogP contribution is -2.13. The number of hydrogen-bond donors (Lipinski definition) is 2. The summed E-state index contributed by atoms with van der Waals surface area (Å²) in [6, 6.07) is 8.13. The molecule has 6 nitrogen and oxygen atoms in total. The Morgan fingerprint density at radius 1 is 1.07 bits per heavy atom. The Kier molecular flexibility index (Phi) is 14.4. The molecule has 0 spiro atoms. The van der Waals surface area contributed by atoms with Gasteiger partial charge in [0.1, 0.15) is 12.3 Å². The Bertz CT molecular complexity index is 641. The Hall–Kier alpha value is -2.17. The fourth-order valence-corrected chi connectivity index (χ4v) is 3.19. The molecule has 0 aliphatic carbocycles. The van der Waals surface area contributed by atoms with Gasteiger partial charge in [-0.1, -0.05) is 64.7 Å². The molecule has 0 atom stereocenters. The second kappa shape index (κ2) is 16.8. The number of anilines is 1. The van der Waals surface area contributed by atoms with Crippen molar-refractivity contribution in [1.29, 1.82) is 5.26 Å². The van der Waals surface area contributed by atoms with Crippen molar-refractivity contribution in [2.45, 2.75) is 71.1 Å². The minimum absolute atomic E-state index is 0.364. The maximum absolute atomic E-state index is 11.6. The molecule has 0 saturated carbocycles. The van der Waals surface area contributed by atoms with Crippen molar-refractivity contribution in [2.75, 3.05) is 11.1 Å². The summed E-state index contributed by atoms with van der Waals surface area (Å²) in [5, 5.41) is 20.0. The third-order valence-electron chi connectivity index (χ3n) is 4.37. The number of aliphatic hydroxyl groups is 1. The lowest BCUT2D eigenvalue weighted by Gasteiger charge is -2.06. The van der Waals surface area contributed by atoms with E-state index in [-0.39, 0.29) is 5.57 Å². The quantitative estimate of drug-likeness (QED) is 0.0605. The predicted molar refractivity (Wildman–Crippen MR) is 117 cm³/mol. The van der Waals surface area contributed by atoms with Crippen molar-refractivity contribution < 1.29 is 19.1 Å². The number of rotatable bonds is 16. The van der Waals surface area contributed by atoms with E-state index in [9.17, 15) is 4.79 Å². The number of carbonyl (C=O) groups is 1. The van der Waals surface area contributed by atoms with Crippen LogP contribution in [0.3, 0.4) is 0 Å². The number of unbranched alkanes of at least 4 members (excludes halogenated alkanes) is 9. The molecule has 0 radical (unpaired) electrons. The van der Waals surface area contributed by atoms with Crippen molar-refractivity contribution in [3.05, 3.63) is 36.1 Å². The summed E-state index contributed by atoms with van der Waals surface area (Å²) in [5.41, 5.74) is 0.118. The van der Waals surface area contributed by atoms with E-state index in [1.165, 1.54) is 69.8 Å². The highest BCUT2D eigenvalue weighted by Gasteiger charge is 2.09. The van der Waals surface area contributed by atoms with Crippen LogP contribution in [0.5, 0.6) is 5.75 Å². The first-order chi connectivity index (χ1) is 14.2. The standard InChI is InChI=1S/C22H32N2O4S/c1-2-3-4-5-6-7-8-9-10-11-16-29-28-27-21-14-12-20(13-15-21)24-22(26)19(17-23)18-25/h12-15,18,25H,2-11,16H2,1H3,(H,24,26)/b19-18-. The van der Waals surface area contributed by atoms with E-state index in [1.807, 2.05) is 0 Å². The van der Waals surface area contributed by atoms with Gasteiger partial charge in [0, 0.05) is 23.5 Å². The monoisotopic (exact) mass is 420 g/mol. The van der Waals surface area contributed by atoms with Crippen LogP contribution < -0.4 is 10.2 Å².